The molecule has 0 bridgehead atoms. The summed E-state index contributed by atoms with van der Waals surface area (Å²) < 4.78 is 0. The number of anilines is 1. The van der Waals surface area contributed by atoms with Gasteiger partial charge in [-0.1, -0.05) is 0 Å². The summed E-state index contributed by atoms with van der Waals surface area (Å²) in [6.45, 7) is 2.36. The Morgan fingerprint density at radius 2 is 2.12 bits per heavy atom. The molecule has 140 valence electrons. The van der Waals surface area contributed by atoms with Crippen LogP contribution in [0.25, 0.3) is 0 Å². The maximum absolute atomic E-state index is 12.3. The van der Waals surface area contributed by atoms with Gasteiger partial charge in [0.15, 0.2) is 5.13 Å². The molecule has 0 aliphatic carbocycles. The predicted octanol–water partition coefficient (Wildman–Crippen LogP) is -0.0393. The summed E-state index contributed by atoms with van der Waals surface area (Å²) in [5.74, 6) is -2.43. The lowest BCUT2D eigenvalue weighted by molar-refractivity contribution is -0.153. The number of piperazine rings is 1. The summed E-state index contributed by atoms with van der Waals surface area (Å²) in [5.41, 5.74) is 0.189. The van der Waals surface area contributed by atoms with Crippen LogP contribution in [0.1, 0.15) is 18.7 Å². The Labute approximate surface area is 157 Å². The van der Waals surface area contributed by atoms with E-state index in [1.54, 1.807) is 6.92 Å². The van der Waals surface area contributed by atoms with Crippen molar-refractivity contribution in [3.05, 3.63) is 11.1 Å². The molecule has 0 aromatic carbocycles. The molecule has 10 nitrogen and oxygen atoms in total. The molecule has 1 atom stereocenters. The third kappa shape index (κ3) is 4.35. The topological polar surface area (TPSA) is 129 Å². The summed E-state index contributed by atoms with van der Waals surface area (Å²) in [6, 6.07) is -2.00. The number of imide groups is 1. The highest BCUT2D eigenvalue weighted by molar-refractivity contribution is 7.14. The first-order valence-electron chi connectivity index (χ1n) is 7.59. The number of hydrogen-bond donors (Lipinski definition) is 2. The molecule has 1 aliphatic rings. The number of thiazole rings is 1. The van der Waals surface area contributed by atoms with Crippen LogP contribution in [-0.4, -0.2) is 70.3 Å². The Kier molecular flexibility index (Phi) is 6.64. The second kappa shape index (κ2) is 8.72. The van der Waals surface area contributed by atoms with E-state index in [2.05, 4.69) is 15.6 Å². The molecule has 1 aromatic heterocycles. The van der Waals surface area contributed by atoms with Crippen molar-refractivity contribution >= 4 is 58.1 Å². The summed E-state index contributed by atoms with van der Waals surface area (Å²) in [4.78, 5) is 64.8. The Hall–Kier alpha value is -2.53. The average molecular weight is 402 g/mol. The van der Waals surface area contributed by atoms with Gasteiger partial charge in [0.1, 0.15) is 18.2 Å². The van der Waals surface area contributed by atoms with Gasteiger partial charge >= 0.3 is 17.8 Å². The SMILES string of the molecule is CCN1CCN(C(=O)NC(C=O)c2csc(NC(=O)CCl)n2)C(=O)C1=O. The number of alkyl halides is 1. The van der Waals surface area contributed by atoms with Gasteiger partial charge in [-0.25, -0.2) is 9.78 Å². The van der Waals surface area contributed by atoms with Crippen molar-refractivity contribution in [2.24, 2.45) is 0 Å². The molecule has 1 aromatic rings. The van der Waals surface area contributed by atoms with Crippen molar-refractivity contribution in [1.82, 2.24) is 20.1 Å². The molecule has 0 saturated carbocycles. The minimum Gasteiger partial charge on any atom is -0.333 e. The lowest BCUT2D eigenvalue weighted by Gasteiger charge is -2.32. The maximum atomic E-state index is 12.3. The van der Waals surface area contributed by atoms with E-state index in [0.717, 1.165) is 16.2 Å². The number of aromatic nitrogens is 1. The van der Waals surface area contributed by atoms with Gasteiger partial charge in [-0.2, -0.15) is 0 Å². The largest absolute Gasteiger partial charge is 0.333 e. The molecule has 0 spiro atoms. The van der Waals surface area contributed by atoms with Crippen molar-refractivity contribution in [3.63, 3.8) is 0 Å². The standard InChI is InChI=1S/C14H16ClN5O5S/c1-2-19-3-4-20(12(24)11(19)23)14(25)17-8(6-21)9-7-26-13(16-9)18-10(22)5-15/h6-8H,2-5H2,1H3,(H,17,25)(H,16,18,22). The van der Waals surface area contributed by atoms with E-state index in [4.69, 9.17) is 11.6 Å². The zero-order chi connectivity index (χ0) is 19.3. The first-order valence-corrected chi connectivity index (χ1v) is 9.00. The van der Waals surface area contributed by atoms with Crippen LogP contribution in [0.15, 0.2) is 5.38 Å². The van der Waals surface area contributed by atoms with Crippen LogP contribution >= 0.6 is 22.9 Å². The number of aldehydes is 1. The highest BCUT2D eigenvalue weighted by Gasteiger charge is 2.36. The normalized spacial score (nSPS) is 15.6. The van der Waals surface area contributed by atoms with E-state index in [1.807, 2.05) is 0 Å². The van der Waals surface area contributed by atoms with E-state index in [-0.39, 0.29) is 29.8 Å². The third-order valence-corrected chi connectivity index (χ3v) is 4.58. The molecular formula is C14H16ClN5O5S. The van der Waals surface area contributed by atoms with Crippen LogP contribution in [0.4, 0.5) is 9.93 Å². The highest BCUT2D eigenvalue weighted by atomic mass is 35.5. The number of urea groups is 1. The Bertz CT molecular complexity index is 739. The molecule has 1 saturated heterocycles. The number of nitrogens with zero attached hydrogens (tertiary/aromatic N) is 3. The molecule has 2 heterocycles. The highest BCUT2D eigenvalue weighted by Crippen LogP contribution is 2.20. The fourth-order valence-corrected chi connectivity index (χ4v) is 3.03. The van der Waals surface area contributed by atoms with Crippen LogP contribution in [0.5, 0.6) is 0 Å². The van der Waals surface area contributed by atoms with E-state index >= 15 is 0 Å². The molecule has 5 amide bonds. The third-order valence-electron chi connectivity index (χ3n) is 3.56. The fraction of sp³-hybridized carbons (Fsp3) is 0.429. The van der Waals surface area contributed by atoms with Gasteiger partial charge in [-0.3, -0.25) is 19.3 Å². The number of likely N-dealkylation sites (N-methyl/N-ethyl adjacent to an activating group) is 1. The smallest absolute Gasteiger partial charge is 0.325 e. The molecule has 2 rings (SSSR count). The maximum Gasteiger partial charge on any atom is 0.325 e. The molecule has 0 radical (unpaired) electrons. The lowest BCUT2D eigenvalue weighted by Crippen LogP contribution is -2.58. The van der Waals surface area contributed by atoms with Crippen molar-refractivity contribution in [3.8, 4) is 0 Å². The number of rotatable bonds is 6. The zero-order valence-electron chi connectivity index (χ0n) is 13.7. The van der Waals surface area contributed by atoms with Crippen molar-refractivity contribution in [1.29, 1.82) is 0 Å². The molecule has 26 heavy (non-hydrogen) atoms. The van der Waals surface area contributed by atoms with Crippen molar-refractivity contribution < 1.29 is 24.0 Å². The van der Waals surface area contributed by atoms with Gasteiger partial charge in [0.25, 0.3) is 0 Å². The number of hydrogen-bond acceptors (Lipinski definition) is 7. The molecule has 2 N–H and O–H groups in total. The monoisotopic (exact) mass is 401 g/mol. The summed E-state index contributed by atoms with van der Waals surface area (Å²) >= 11 is 6.43. The van der Waals surface area contributed by atoms with Crippen LogP contribution in [-0.2, 0) is 19.2 Å². The summed E-state index contributed by atoms with van der Waals surface area (Å²) in [5, 5.41) is 6.47. The number of amides is 5. The first kappa shape index (κ1) is 19.8. The van der Waals surface area contributed by atoms with E-state index < -0.39 is 29.8 Å². The Morgan fingerprint density at radius 1 is 1.38 bits per heavy atom. The summed E-state index contributed by atoms with van der Waals surface area (Å²) in [6.07, 6.45) is 0.439. The predicted molar refractivity (Wildman–Crippen MR) is 92.8 cm³/mol. The Balaban J connectivity index is 2.04. The van der Waals surface area contributed by atoms with Gasteiger partial charge in [0.05, 0.1) is 5.69 Å². The van der Waals surface area contributed by atoms with Crippen LogP contribution < -0.4 is 10.6 Å². The van der Waals surface area contributed by atoms with E-state index in [9.17, 15) is 24.0 Å². The molecule has 1 fully saturated rings. The van der Waals surface area contributed by atoms with Crippen LogP contribution in [0, 0.1) is 0 Å². The second-order valence-corrected chi connectivity index (χ2v) is 6.29. The van der Waals surface area contributed by atoms with Crippen LogP contribution in [0.2, 0.25) is 0 Å². The van der Waals surface area contributed by atoms with Gasteiger partial charge in [0, 0.05) is 25.0 Å². The minimum absolute atomic E-state index is 0.0317. The summed E-state index contributed by atoms with van der Waals surface area (Å²) in [7, 11) is 0. The number of halogens is 1. The average Bonchev–Trinajstić information content (AvgIpc) is 3.09. The number of carbonyl (C=O) groups is 5. The van der Waals surface area contributed by atoms with Gasteiger partial charge < -0.3 is 20.3 Å². The quantitative estimate of drug-likeness (QED) is 0.391. The number of carbonyl (C=O) groups excluding carboxylic acids is 5. The second-order valence-electron chi connectivity index (χ2n) is 5.16. The fourth-order valence-electron chi connectivity index (χ4n) is 2.20. The lowest BCUT2D eigenvalue weighted by atomic mass is 10.2. The Morgan fingerprint density at radius 3 is 2.73 bits per heavy atom. The van der Waals surface area contributed by atoms with Gasteiger partial charge in [0.2, 0.25) is 5.91 Å². The van der Waals surface area contributed by atoms with Gasteiger partial charge in [-0.15, -0.1) is 22.9 Å². The molecule has 1 aliphatic heterocycles. The van der Waals surface area contributed by atoms with Crippen LogP contribution in [0.3, 0.4) is 0 Å². The number of nitrogens with one attached hydrogen (secondary N) is 2. The molecule has 12 heteroatoms. The van der Waals surface area contributed by atoms with Crippen molar-refractivity contribution in [2.75, 3.05) is 30.8 Å². The molecular weight excluding hydrogens is 386 g/mol. The van der Waals surface area contributed by atoms with E-state index in [0.29, 0.717) is 12.8 Å². The first-order chi connectivity index (χ1) is 12.4. The van der Waals surface area contributed by atoms with E-state index in [1.165, 1.54) is 10.3 Å². The van der Waals surface area contributed by atoms with Gasteiger partial charge in [-0.05, 0) is 6.92 Å². The minimum atomic E-state index is -1.13. The zero-order valence-corrected chi connectivity index (χ0v) is 15.3. The molecule has 1 unspecified atom stereocenters. The van der Waals surface area contributed by atoms with Crippen molar-refractivity contribution in [2.45, 2.75) is 13.0 Å².